The Morgan fingerprint density at radius 2 is 1.93 bits per heavy atom. The van der Waals surface area contributed by atoms with Crippen LogP contribution in [0.15, 0.2) is 36.4 Å². The van der Waals surface area contributed by atoms with Gasteiger partial charge in [-0.1, -0.05) is 31.0 Å². The second-order valence-corrected chi connectivity index (χ2v) is 7.22. The van der Waals surface area contributed by atoms with Gasteiger partial charge in [-0.25, -0.2) is 9.78 Å². The van der Waals surface area contributed by atoms with Crippen molar-refractivity contribution in [2.45, 2.75) is 44.1 Å². The zero-order valence-corrected chi connectivity index (χ0v) is 15.0. The summed E-state index contributed by atoms with van der Waals surface area (Å²) in [6, 6.07) is 11.0. The van der Waals surface area contributed by atoms with Crippen molar-refractivity contribution in [3.05, 3.63) is 36.4 Å². The van der Waals surface area contributed by atoms with Crippen molar-refractivity contribution in [2.24, 2.45) is 0 Å². The molecule has 0 radical (unpaired) electrons. The third kappa shape index (κ3) is 3.37. The number of urea groups is 1. The van der Waals surface area contributed by atoms with Crippen LogP contribution in [0.2, 0.25) is 0 Å². The fourth-order valence-electron chi connectivity index (χ4n) is 3.94. The Hall–Kier alpha value is -2.96. The van der Waals surface area contributed by atoms with E-state index in [0.29, 0.717) is 25.1 Å². The van der Waals surface area contributed by atoms with E-state index >= 15 is 0 Å². The summed E-state index contributed by atoms with van der Waals surface area (Å²) in [6.07, 6.45) is 3.99. The largest absolute Gasteiger partial charge is 0.325 e. The molecule has 1 saturated heterocycles. The van der Waals surface area contributed by atoms with Crippen LogP contribution in [-0.2, 0) is 9.59 Å². The summed E-state index contributed by atoms with van der Waals surface area (Å²) in [5.74, 6) is 0.181. The number of amides is 4. The predicted molar refractivity (Wildman–Crippen MR) is 101 cm³/mol. The van der Waals surface area contributed by atoms with Gasteiger partial charge in [0.2, 0.25) is 5.91 Å². The van der Waals surface area contributed by atoms with E-state index in [2.05, 4.69) is 15.6 Å². The Morgan fingerprint density at radius 3 is 2.74 bits per heavy atom. The number of carbonyl (C=O) groups excluding carboxylic acids is 3. The first kappa shape index (κ1) is 17.5. The first-order valence-corrected chi connectivity index (χ1v) is 9.37. The number of imide groups is 1. The molecule has 7 heteroatoms. The van der Waals surface area contributed by atoms with Crippen molar-refractivity contribution in [2.75, 3.05) is 11.9 Å². The number of hydrogen-bond acceptors (Lipinski definition) is 4. The first-order valence-electron chi connectivity index (χ1n) is 9.37. The molecule has 2 aliphatic rings. The zero-order chi connectivity index (χ0) is 18.9. The molecule has 2 fully saturated rings. The molecule has 1 aromatic heterocycles. The topological polar surface area (TPSA) is 91.4 Å². The van der Waals surface area contributed by atoms with E-state index in [1.54, 1.807) is 6.07 Å². The van der Waals surface area contributed by atoms with Crippen LogP contribution in [0.25, 0.3) is 10.9 Å². The highest BCUT2D eigenvalue weighted by molar-refractivity contribution is 6.07. The van der Waals surface area contributed by atoms with Gasteiger partial charge in [0.05, 0.1) is 5.52 Å². The molecule has 0 atom stereocenters. The Morgan fingerprint density at radius 1 is 1.15 bits per heavy atom. The monoisotopic (exact) mass is 366 g/mol. The molecule has 1 spiro atoms. The summed E-state index contributed by atoms with van der Waals surface area (Å²) >= 11 is 0. The molecule has 1 aliphatic heterocycles. The van der Waals surface area contributed by atoms with Crippen molar-refractivity contribution in [1.82, 2.24) is 15.2 Å². The molecule has 0 unspecified atom stereocenters. The Kier molecular flexibility index (Phi) is 4.51. The maximum atomic E-state index is 12.6. The lowest BCUT2D eigenvalue weighted by atomic mass is 9.98. The summed E-state index contributed by atoms with van der Waals surface area (Å²) in [5, 5.41) is 6.64. The third-order valence-electron chi connectivity index (χ3n) is 5.35. The van der Waals surface area contributed by atoms with Crippen LogP contribution in [0, 0.1) is 0 Å². The third-order valence-corrected chi connectivity index (χ3v) is 5.35. The van der Waals surface area contributed by atoms with Crippen molar-refractivity contribution >= 4 is 34.6 Å². The highest BCUT2D eigenvalue weighted by atomic mass is 16.2. The molecule has 2 aromatic rings. The number of nitrogens with zero attached hydrogens (tertiary/aromatic N) is 2. The normalized spacial score (nSPS) is 18.3. The van der Waals surface area contributed by atoms with E-state index < -0.39 is 5.54 Å². The fraction of sp³-hybridized carbons (Fsp3) is 0.400. The van der Waals surface area contributed by atoms with Gasteiger partial charge in [-0.3, -0.25) is 14.5 Å². The summed E-state index contributed by atoms with van der Waals surface area (Å²) in [7, 11) is 0. The highest BCUT2D eigenvalue weighted by Crippen LogP contribution is 2.35. The Balaban J connectivity index is 1.30. The molecule has 1 saturated carbocycles. The minimum absolute atomic E-state index is 0.137. The highest BCUT2D eigenvalue weighted by Gasteiger charge is 2.51. The molecule has 4 rings (SSSR count). The summed E-state index contributed by atoms with van der Waals surface area (Å²) in [5.41, 5.74) is 0.130. The number of pyridine rings is 1. The van der Waals surface area contributed by atoms with Gasteiger partial charge in [0, 0.05) is 18.4 Å². The maximum absolute atomic E-state index is 12.6. The lowest BCUT2D eigenvalue weighted by Gasteiger charge is -2.19. The van der Waals surface area contributed by atoms with E-state index in [4.69, 9.17) is 0 Å². The molecule has 4 amide bonds. The van der Waals surface area contributed by atoms with Gasteiger partial charge in [0.25, 0.3) is 5.91 Å². The second-order valence-electron chi connectivity index (χ2n) is 7.22. The van der Waals surface area contributed by atoms with Gasteiger partial charge < -0.3 is 10.6 Å². The van der Waals surface area contributed by atoms with Crippen LogP contribution in [0.4, 0.5) is 10.6 Å². The fourth-order valence-corrected chi connectivity index (χ4v) is 3.94. The van der Waals surface area contributed by atoms with Crippen molar-refractivity contribution in [3.63, 3.8) is 0 Å². The summed E-state index contributed by atoms with van der Waals surface area (Å²) < 4.78 is 0. The molecule has 1 aliphatic carbocycles. The van der Waals surface area contributed by atoms with Crippen LogP contribution in [-0.4, -0.2) is 39.8 Å². The van der Waals surface area contributed by atoms with E-state index in [-0.39, 0.29) is 30.8 Å². The molecule has 140 valence electrons. The minimum atomic E-state index is -0.686. The lowest BCUT2D eigenvalue weighted by molar-refractivity contribution is -0.131. The van der Waals surface area contributed by atoms with Crippen molar-refractivity contribution < 1.29 is 14.4 Å². The number of carbonyl (C=O) groups is 3. The number of para-hydroxylation sites is 1. The number of rotatable bonds is 5. The standard InChI is InChI=1S/C20H22N4O3/c25-17(22-16-10-9-14-6-1-2-7-15(14)21-16)8-5-13-24-18(26)20(23-19(24)27)11-3-4-12-20/h1-2,6-7,9-10H,3-5,8,11-13H2,(H,23,27)(H,21,22,25). The smallest absolute Gasteiger partial charge is 0.323 e. The molecular weight excluding hydrogens is 344 g/mol. The van der Waals surface area contributed by atoms with E-state index in [9.17, 15) is 14.4 Å². The molecule has 7 nitrogen and oxygen atoms in total. The zero-order valence-electron chi connectivity index (χ0n) is 15.0. The average Bonchev–Trinajstić information content (AvgIpc) is 3.22. The van der Waals surface area contributed by atoms with Crippen LogP contribution in [0.1, 0.15) is 38.5 Å². The Bertz CT molecular complexity index is 905. The lowest BCUT2D eigenvalue weighted by Crippen LogP contribution is -2.44. The van der Waals surface area contributed by atoms with Gasteiger partial charge in [-0.15, -0.1) is 0 Å². The van der Waals surface area contributed by atoms with Gasteiger partial charge in [-0.05, 0) is 37.5 Å². The van der Waals surface area contributed by atoms with E-state index in [0.717, 1.165) is 23.7 Å². The number of nitrogens with one attached hydrogen (secondary N) is 2. The maximum Gasteiger partial charge on any atom is 0.325 e. The Labute approximate surface area is 157 Å². The van der Waals surface area contributed by atoms with Crippen LogP contribution >= 0.6 is 0 Å². The molecular formula is C20H22N4O3. The van der Waals surface area contributed by atoms with Gasteiger partial charge >= 0.3 is 6.03 Å². The average molecular weight is 366 g/mol. The van der Waals surface area contributed by atoms with Crippen molar-refractivity contribution in [1.29, 1.82) is 0 Å². The first-order chi connectivity index (χ1) is 13.1. The van der Waals surface area contributed by atoms with Crippen LogP contribution in [0.5, 0.6) is 0 Å². The van der Waals surface area contributed by atoms with Crippen LogP contribution in [0.3, 0.4) is 0 Å². The number of hydrogen-bond donors (Lipinski definition) is 2. The van der Waals surface area contributed by atoms with Crippen LogP contribution < -0.4 is 10.6 Å². The minimum Gasteiger partial charge on any atom is -0.323 e. The van der Waals surface area contributed by atoms with Gasteiger partial charge in [0.1, 0.15) is 11.4 Å². The van der Waals surface area contributed by atoms with E-state index in [1.165, 1.54) is 4.90 Å². The molecule has 0 bridgehead atoms. The summed E-state index contributed by atoms with van der Waals surface area (Å²) in [6.45, 7) is 0.255. The number of aromatic nitrogens is 1. The number of fused-ring (bicyclic) bond motifs is 1. The molecule has 27 heavy (non-hydrogen) atoms. The number of benzene rings is 1. The molecule has 2 N–H and O–H groups in total. The predicted octanol–water partition coefficient (Wildman–Crippen LogP) is 2.82. The number of anilines is 1. The molecule has 2 heterocycles. The van der Waals surface area contributed by atoms with Gasteiger partial charge in [0.15, 0.2) is 0 Å². The SMILES string of the molecule is O=C(CCCN1C(=O)NC2(CCCC2)C1=O)Nc1ccc2ccccc2n1. The molecule has 1 aromatic carbocycles. The quantitative estimate of drug-likeness (QED) is 0.796. The van der Waals surface area contributed by atoms with E-state index in [1.807, 2.05) is 30.3 Å². The van der Waals surface area contributed by atoms with Crippen molar-refractivity contribution in [3.8, 4) is 0 Å². The second kappa shape index (κ2) is 6.98. The van der Waals surface area contributed by atoms with Gasteiger partial charge in [-0.2, -0.15) is 0 Å². The summed E-state index contributed by atoms with van der Waals surface area (Å²) in [4.78, 5) is 42.5.